The molecule has 0 aliphatic carbocycles. The van der Waals surface area contributed by atoms with Gasteiger partial charge in [0.15, 0.2) is 11.5 Å². The van der Waals surface area contributed by atoms with E-state index in [0.717, 1.165) is 49.5 Å². The van der Waals surface area contributed by atoms with Crippen LogP contribution in [-0.2, 0) is 22.5 Å². The third-order valence-electron chi connectivity index (χ3n) is 7.39. The molecule has 0 aromatic heterocycles. The number of carbonyl (C=O) groups is 2. The van der Waals surface area contributed by atoms with Crippen LogP contribution in [-0.4, -0.2) is 73.8 Å². The highest BCUT2D eigenvalue weighted by atomic mass is 19.1. The van der Waals surface area contributed by atoms with E-state index in [4.69, 9.17) is 14.2 Å². The number of nitrogens with one attached hydrogen (secondary N) is 1. The first-order chi connectivity index (χ1) is 17.5. The predicted molar refractivity (Wildman–Crippen MR) is 130 cm³/mol. The largest absolute Gasteiger partial charge is 0.486 e. The average molecular weight is 498 g/mol. The van der Waals surface area contributed by atoms with Crippen molar-refractivity contribution < 1.29 is 28.2 Å². The van der Waals surface area contributed by atoms with Crippen LogP contribution in [0.4, 0.5) is 9.18 Å². The number of nitrogens with zero attached hydrogens (tertiary/aromatic N) is 2. The molecule has 36 heavy (non-hydrogen) atoms. The highest BCUT2D eigenvalue weighted by Gasteiger charge is 2.55. The smallest absolute Gasteiger partial charge is 0.325 e. The zero-order valence-corrected chi connectivity index (χ0v) is 20.5. The number of ether oxygens (including phenoxy) is 3. The van der Waals surface area contributed by atoms with E-state index in [9.17, 15) is 14.0 Å². The van der Waals surface area contributed by atoms with Gasteiger partial charge in [-0.2, -0.15) is 0 Å². The Labute approximate surface area is 210 Å². The quantitative estimate of drug-likeness (QED) is 0.565. The van der Waals surface area contributed by atoms with Crippen LogP contribution in [0.2, 0.25) is 0 Å². The number of carbonyl (C=O) groups excluding carboxylic acids is 2. The van der Waals surface area contributed by atoms with Crippen molar-refractivity contribution in [1.29, 1.82) is 0 Å². The molecule has 0 radical (unpaired) electrons. The van der Waals surface area contributed by atoms with Crippen LogP contribution in [0.5, 0.6) is 11.5 Å². The van der Waals surface area contributed by atoms with Crippen molar-refractivity contribution in [3.05, 3.63) is 59.4 Å². The van der Waals surface area contributed by atoms with Crippen molar-refractivity contribution in [3.63, 3.8) is 0 Å². The summed E-state index contributed by atoms with van der Waals surface area (Å²) in [4.78, 5) is 30.1. The molecule has 0 saturated carbocycles. The van der Waals surface area contributed by atoms with Gasteiger partial charge >= 0.3 is 6.03 Å². The van der Waals surface area contributed by atoms with Gasteiger partial charge in [-0.1, -0.05) is 18.2 Å². The molecule has 1 N–H and O–H groups in total. The number of imide groups is 1. The second-order valence-electron chi connectivity index (χ2n) is 9.69. The minimum atomic E-state index is -1.10. The summed E-state index contributed by atoms with van der Waals surface area (Å²) in [5, 5.41) is 3.02. The second-order valence-corrected chi connectivity index (χ2v) is 9.69. The van der Waals surface area contributed by atoms with Crippen molar-refractivity contribution >= 4 is 11.9 Å². The van der Waals surface area contributed by atoms with E-state index in [-0.39, 0.29) is 37.2 Å². The molecule has 2 saturated heterocycles. The van der Waals surface area contributed by atoms with Gasteiger partial charge in [0, 0.05) is 20.1 Å². The van der Waals surface area contributed by atoms with Crippen LogP contribution in [0.3, 0.4) is 0 Å². The van der Waals surface area contributed by atoms with E-state index in [1.54, 1.807) is 12.1 Å². The lowest BCUT2D eigenvalue weighted by Crippen LogP contribution is -2.57. The summed E-state index contributed by atoms with van der Waals surface area (Å²) in [7, 11) is 1.54. The Kier molecular flexibility index (Phi) is 7.11. The number of halogens is 1. The minimum absolute atomic E-state index is 0.0683. The van der Waals surface area contributed by atoms with Gasteiger partial charge in [0.2, 0.25) is 0 Å². The van der Waals surface area contributed by atoms with Gasteiger partial charge in [0.05, 0.1) is 13.2 Å². The van der Waals surface area contributed by atoms with E-state index < -0.39 is 11.6 Å². The molecule has 192 valence electrons. The van der Waals surface area contributed by atoms with Crippen molar-refractivity contribution in [2.75, 3.05) is 46.6 Å². The van der Waals surface area contributed by atoms with E-state index >= 15 is 0 Å². The van der Waals surface area contributed by atoms with Crippen LogP contribution in [0.25, 0.3) is 0 Å². The summed E-state index contributed by atoms with van der Waals surface area (Å²) in [5.74, 6) is 0.875. The Balaban J connectivity index is 1.31. The molecule has 0 spiro atoms. The highest BCUT2D eigenvalue weighted by Crippen LogP contribution is 2.37. The number of amides is 3. The number of piperidine rings is 1. The lowest BCUT2D eigenvalue weighted by Gasteiger charge is -2.41. The molecular weight excluding hydrogens is 465 g/mol. The normalized spacial score (nSPS) is 22.7. The lowest BCUT2D eigenvalue weighted by molar-refractivity contribution is -0.134. The Morgan fingerprint density at radius 2 is 1.83 bits per heavy atom. The fourth-order valence-electron chi connectivity index (χ4n) is 5.57. The number of urea groups is 1. The predicted octanol–water partition coefficient (Wildman–Crippen LogP) is 2.99. The molecule has 0 unspecified atom stereocenters. The van der Waals surface area contributed by atoms with E-state index in [1.165, 1.54) is 24.1 Å². The first kappa shape index (κ1) is 24.5. The number of fused-ring (bicyclic) bond motifs is 1. The fourth-order valence-corrected chi connectivity index (χ4v) is 5.57. The average Bonchev–Trinajstić information content (AvgIpc) is 3.12. The number of methoxy groups -OCH3 is 1. The molecule has 3 amide bonds. The number of likely N-dealkylation sites (tertiary alicyclic amines) is 1. The summed E-state index contributed by atoms with van der Waals surface area (Å²) < 4.78 is 30.4. The lowest BCUT2D eigenvalue weighted by atomic mass is 9.74. The summed E-state index contributed by atoms with van der Waals surface area (Å²) in [6.07, 6.45) is 1.74. The third-order valence-corrected chi connectivity index (χ3v) is 7.39. The van der Waals surface area contributed by atoms with Gasteiger partial charge in [-0.05, 0) is 67.2 Å². The maximum absolute atomic E-state index is 14.0. The van der Waals surface area contributed by atoms with Gasteiger partial charge in [0.25, 0.3) is 5.91 Å². The zero-order chi connectivity index (χ0) is 25.1. The van der Waals surface area contributed by atoms with Crippen molar-refractivity contribution in [2.45, 2.75) is 31.3 Å². The summed E-state index contributed by atoms with van der Waals surface area (Å²) in [6.45, 7) is 3.90. The van der Waals surface area contributed by atoms with Crippen molar-refractivity contribution in [3.8, 4) is 11.5 Å². The molecule has 3 aliphatic rings. The van der Waals surface area contributed by atoms with Crippen LogP contribution >= 0.6 is 0 Å². The maximum atomic E-state index is 14.0. The van der Waals surface area contributed by atoms with Gasteiger partial charge in [-0.3, -0.25) is 14.6 Å². The Bertz CT molecular complexity index is 1120. The van der Waals surface area contributed by atoms with Gasteiger partial charge in [-0.25, -0.2) is 9.18 Å². The molecule has 2 aromatic rings. The monoisotopic (exact) mass is 497 g/mol. The highest BCUT2D eigenvalue weighted by molar-refractivity contribution is 6.07. The minimum Gasteiger partial charge on any atom is -0.486 e. The third kappa shape index (κ3) is 4.90. The zero-order valence-electron chi connectivity index (χ0n) is 20.5. The molecule has 3 heterocycles. The molecule has 0 bridgehead atoms. The van der Waals surface area contributed by atoms with Gasteiger partial charge in [0.1, 0.15) is 24.6 Å². The molecule has 2 fully saturated rings. The van der Waals surface area contributed by atoms with Crippen LogP contribution in [0, 0.1) is 11.7 Å². The molecule has 1 atom stereocenters. The second kappa shape index (κ2) is 10.4. The number of benzene rings is 2. The number of hydrogen-bond acceptors (Lipinski definition) is 6. The molecule has 3 aliphatic heterocycles. The Hall–Kier alpha value is -3.17. The fraction of sp³-hybridized carbons (Fsp3) is 0.481. The van der Waals surface area contributed by atoms with Crippen molar-refractivity contribution in [2.24, 2.45) is 5.92 Å². The van der Waals surface area contributed by atoms with Gasteiger partial charge < -0.3 is 19.5 Å². The summed E-state index contributed by atoms with van der Waals surface area (Å²) >= 11 is 0. The van der Waals surface area contributed by atoms with Crippen LogP contribution in [0.1, 0.15) is 24.0 Å². The van der Waals surface area contributed by atoms with E-state index in [0.29, 0.717) is 18.8 Å². The van der Waals surface area contributed by atoms with E-state index in [2.05, 4.69) is 16.3 Å². The first-order valence-electron chi connectivity index (χ1n) is 12.5. The molecule has 8 nitrogen and oxygen atoms in total. The van der Waals surface area contributed by atoms with Crippen LogP contribution < -0.4 is 14.8 Å². The number of hydrogen-bond donors (Lipinski definition) is 1. The molecule has 9 heteroatoms. The summed E-state index contributed by atoms with van der Waals surface area (Å²) in [5.41, 5.74) is 0.737. The standard InChI is InChI=1S/C27H32FN3O5/c1-34-12-11-31-25(32)27(29-26(31)33,17-19-3-2-4-22(28)15-19)21-7-9-30(10-8-21)18-20-5-6-23-24(16-20)36-14-13-35-23/h2-6,15-16,21H,7-14,17-18H2,1H3,(H,29,33)/t27-/m1/s1. The van der Waals surface area contributed by atoms with Crippen LogP contribution in [0.15, 0.2) is 42.5 Å². The summed E-state index contributed by atoms with van der Waals surface area (Å²) in [6, 6.07) is 11.9. The first-order valence-corrected chi connectivity index (χ1v) is 12.5. The number of rotatable bonds is 8. The Morgan fingerprint density at radius 3 is 2.58 bits per heavy atom. The molecule has 2 aromatic carbocycles. The maximum Gasteiger partial charge on any atom is 0.325 e. The molecule has 5 rings (SSSR count). The van der Waals surface area contributed by atoms with E-state index in [1.807, 2.05) is 12.1 Å². The SMILES string of the molecule is COCCN1C(=O)N[C@](Cc2cccc(F)c2)(C2CCN(Cc3ccc4c(c3)OCCO4)CC2)C1=O. The Morgan fingerprint density at radius 1 is 1.06 bits per heavy atom. The van der Waals surface area contributed by atoms with Gasteiger partial charge in [-0.15, -0.1) is 0 Å². The molecular formula is C27H32FN3O5. The van der Waals surface area contributed by atoms with Crippen molar-refractivity contribution in [1.82, 2.24) is 15.1 Å². The topological polar surface area (TPSA) is 80.3 Å².